The number of ether oxygens (including phenoxy) is 3. The van der Waals surface area contributed by atoms with Crippen LogP contribution in [0.25, 0.3) is 22.1 Å². The number of carboxylic acid groups (broad SMARTS) is 1. The number of anilines is 2. The summed E-state index contributed by atoms with van der Waals surface area (Å²) in [6.07, 6.45) is 1.41. The minimum absolute atomic E-state index is 0.0238. The van der Waals surface area contributed by atoms with Gasteiger partial charge in [0, 0.05) is 37.2 Å². The first-order valence-electron chi connectivity index (χ1n) is 16.0. The summed E-state index contributed by atoms with van der Waals surface area (Å²) in [4.78, 5) is 30.7. The molecule has 7 heterocycles. The highest BCUT2D eigenvalue weighted by molar-refractivity contribution is 6.06. The first kappa shape index (κ1) is 30.2. The van der Waals surface area contributed by atoms with Crippen molar-refractivity contribution in [3.05, 3.63) is 65.4 Å². The van der Waals surface area contributed by atoms with Crippen LogP contribution in [0.2, 0.25) is 0 Å². The first-order chi connectivity index (χ1) is 23.2. The van der Waals surface area contributed by atoms with Crippen molar-refractivity contribution >= 4 is 39.5 Å². The SMILES string of the molecule is Cc1cc(C#Cc2cnc(O[C@H]3C[C@@H](C(=O)O)N(c4nc(C)nc5c4oc4ccccc45)C3)c(N3CCOC4(COC4)[C@@H]3C)c2)n(C)n1. The van der Waals surface area contributed by atoms with E-state index in [9.17, 15) is 9.90 Å². The number of furan rings is 1. The summed E-state index contributed by atoms with van der Waals surface area (Å²) in [6.45, 7) is 8.29. The smallest absolute Gasteiger partial charge is 0.326 e. The topological polar surface area (TPSA) is 141 Å². The summed E-state index contributed by atoms with van der Waals surface area (Å²) < 4.78 is 26.4. The number of aromatic nitrogens is 5. The van der Waals surface area contributed by atoms with Crippen LogP contribution < -0.4 is 14.5 Å². The lowest BCUT2D eigenvalue weighted by molar-refractivity contribution is -0.228. The van der Waals surface area contributed by atoms with Gasteiger partial charge in [-0.25, -0.2) is 19.7 Å². The fourth-order valence-corrected chi connectivity index (χ4v) is 6.96. The Morgan fingerprint density at radius 1 is 1.12 bits per heavy atom. The minimum Gasteiger partial charge on any atom is -0.480 e. The zero-order chi connectivity index (χ0) is 33.2. The van der Waals surface area contributed by atoms with Crippen LogP contribution in [-0.2, 0) is 21.3 Å². The van der Waals surface area contributed by atoms with Crippen molar-refractivity contribution in [2.75, 3.05) is 42.7 Å². The highest BCUT2D eigenvalue weighted by Gasteiger charge is 2.50. The number of carbonyl (C=O) groups is 1. The van der Waals surface area contributed by atoms with Crippen LogP contribution in [0.15, 0.2) is 47.0 Å². The number of hydrogen-bond donors (Lipinski definition) is 1. The molecule has 13 heteroatoms. The molecular formula is C35H35N7O6. The lowest BCUT2D eigenvalue weighted by Crippen LogP contribution is -2.68. The van der Waals surface area contributed by atoms with Gasteiger partial charge in [-0.1, -0.05) is 18.1 Å². The summed E-state index contributed by atoms with van der Waals surface area (Å²) in [5, 5.41) is 15.6. The summed E-state index contributed by atoms with van der Waals surface area (Å²) in [5.41, 5.74) is 4.53. The molecule has 48 heavy (non-hydrogen) atoms. The van der Waals surface area contributed by atoms with Gasteiger partial charge in [0.1, 0.15) is 46.1 Å². The number of hydrogen-bond acceptors (Lipinski definition) is 11. The second-order valence-corrected chi connectivity index (χ2v) is 12.7. The quantitative estimate of drug-likeness (QED) is 0.278. The van der Waals surface area contributed by atoms with Gasteiger partial charge in [0.2, 0.25) is 5.88 Å². The first-order valence-corrected chi connectivity index (χ1v) is 16.0. The maximum atomic E-state index is 12.7. The molecule has 3 atom stereocenters. The van der Waals surface area contributed by atoms with Gasteiger partial charge in [-0.2, -0.15) is 5.10 Å². The fourth-order valence-electron chi connectivity index (χ4n) is 6.96. The standard InChI is InChI=1S/C35H35N7O6/c1-20-13-24(40(4)39-20)10-9-23-14-27(41-11-12-46-35(21(41)2)18-45-19-35)33(36-16-23)47-25-15-28(34(43)44)42(17-25)32-31-30(37-22(3)38-32)26-7-5-6-8-29(26)48-31/h5-8,13-14,16,21,25,28H,11-12,15,17-19H2,1-4H3,(H,43,44)/t21-,25-,28-/m0/s1. The average molecular weight is 650 g/mol. The van der Waals surface area contributed by atoms with E-state index in [1.807, 2.05) is 50.4 Å². The molecule has 3 aliphatic heterocycles. The van der Waals surface area contributed by atoms with Crippen molar-refractivity contribution in [2.24, 2.45) is 7.05 Å². The number of aliphatic carboxylic acids is 1. The molecule has 4 aromatic heterocycles. The third-order valence-electron chi connectivity index (χ3n) is 9.53. The molecule has 0 bridgehead atoms. The zero-order valence-corrected chi connectivity index (χ0v) is 27.1. The van der Waals surface area contributed by atoms with Gasteiger partial charge in [0.25, 0.3) is 0 Å². The van der Waals surface area contributed by atoms with Gasteiger partial charge in [0.05, 0.1) is 38.1 Å². The maximum Gasteiger partial charge on any atom is 0.326 e. The van der Waals surface area contributed by atoms with E-state index in [-0.39, 0.29) is 19.0 Å². The van der Waals surface area contributed by atoms with Gasteiger partial charge in [0.15, 0.2) is 11.4 Å². The molecule has 0 unspecified atom stereocenters. The van der Waals surface area contributed by atoms with Crippen molar-refractivity contribution in [3.63, 3.8) is 0 Å². The molecule has 1 aromatic carbocycles. The van der Waals surface area contributed by atoms with Crippen LogP contribution >= 0.6 is 0 Å². The molecular weight excluding hydrogens is 614 g/mol. The van der Waals surface area contributed by atoms with Crippen LogP contribution in [0, 0.1) is 25.7 Å². The highest BCUT2D eigenvalue weighted by atomic mass is 16.6. The Morgan fingerprint density at radius 3 is 2.71 bits per heavy atom. The predicted molar refractivity (Wildman–Crippen MR) is 176 cm³/mol. The molecule has 1 spiro atoms. The van der Waals surface area contributed by atoms with Crippen LogP contribution in [-0.4, -0.2) is 92.5 Å². The Bertz CT molecular complexity index is 2130. The van der Waals surface area contributed by atoms with E-state index in [0.29, 0.717) is 66.1 Å². The third-order valence-corrected chi connectivity index (χ3v) is 9.53. The second-order valence-electron chi connectivity index (χ2n) is 12.7. The normalized spacial score (nSPS) is 21.8. The number of nitrogens with zero attached hydrogens (tertiary/aromatic N) is 7. The van der Waals surface area contributed by atoms with Crippen LogP contribution in [0.5, 0.6) is 5.88 Å². The molecule has 3 saturated heterocycles. The largest absolute Gasteiger partial charge is 0.480 e. The zero-order valence-electron chi connectivity index (χ0n) is 27.1. The van der Waals surface area contributed by atoms with Crippen molar-refractivity contribution in [2.45, 2.75) is 51.0 Å². The molecule has 5 aromatic rings. The molecule has 0 radical (unpaired) electrons. The Hall–Kier alpha value is -5.19. The molecule has 8 rings (SSSR count). The van der Waals surface area contributed by atoms with Crippen molar-refractivity contribution in [3.8, 4) is 17.7 Å². The number of pyridine rings is 1. The number of morpholine rings is 1. The number of aryl methyl sites for hydroxylation is 3. The van der Waals surface area contributed by atoms with Crippen LogP contribution in [0.3, 0.4) is 0 Å². The molecule has 1 N–H and O–H groups in total. The Kier molecular flexibility index (Phi) is 7.23. The Labute approximate surface area is 276 Å². The molecule has 0 saturated carbocycles. The van der Waals surface area contributed by atoms with E-state index in [1.54, 1.807) is 22.7 Å². The number of fused-ring (bicyclic) bond motifs is 3. The van der Waals surface area contributed by atoms with Gasteiger partial charge in [-0.05, 0) is 51.0 Å². The number of rotatable bonds is 5. The maximum absolute atomic E-state index is 12.7. The fraction of sp³-hybridized carbons (Fsp3) is 0.400. The van der Waals surface area contributed by atoms with Crippen molar-refractivity contribution < 1.29 is 28.5 Å². The monoisotopic (exact) mass is 649 g/mol. The van der Waals surface area contributed by atoms with E-state index < -0.39 is 23.7 Å². The second kappa shape index (κ2) is 11.5. The number of carboxylic acids is 1. The molecule has 0 amide bonds. The molecule has 3 aliphatic rings. The molecule has 3 fully saturated rings. The summed E-state index contributed by atoms with van der Waals surface area (Å²) in [6, 6.07) is 10.6. The van der Waals surface area contributed by atoms with Gasteiger partial charge < -0.3 is 33.5 Å². The number of benzene rings is 1. The predicted octanol–water partition coefficient (Wildman–Crippen LogP) is 3.63. The van der Waals surface area contributed by atoms with E-state index in [2.05, 4.69) is 38.7 Å². The number of para-hydroxylation sites is 1. The average Bonchev–Trinajstić information content (AvgIpc) is 3.74. The molecule has 246 valence electrons. The van der Waals surface area contributed by atoms with E-state index in [0.717, 1.165) is 22.5 Å². The summed E-state index contributed by atoms with van der Waals surface area (Å²) in [7, 11) is 1.87. The summed E-state index contributed by atoms with van der Waals surface area (Å²) in [5.74, 6) is 6.84. The van der Waals surface area contributed by atoms with Crippen molar-refractivity contribution in [1.29, 1.82) is 0 Å². The summed E-state index contributed by atoms with van der Waals surface area (Å²) >= 11 is 0. The highest BCUT2D eigenvalue weighted by Crippen LogP contribution is 2.40. The lowest BCUT2D eigenvalue weighted by Gasteiger charge is -2.53. The Morgan fingerprint density at radius 2 is 1.96 bits per heavy atom. The van der Waals surface area contributed by atoms with Crippen LogP contribution in [0.1, 0.15) is 36.1 Å². The van der Waals surface area contributed by atoms with Crippen molar-refractivity contribution in [1.82, 2.24) is 24.7 Å². The Balaban J connectivity index is 1.15. The van der Waals surface area contributed by atoms with Gasteiger partial charge >= 0.3 is 5.97 Å². The van der Waals surface area contributed by atoms with E-state index in [4.69, 9.17) is 23.6 Å². The van der Waals surface area contributed by atoms with E-state index >= 15 is 0 Å². The molecule has 0 aliphatic carbocycles. The van der Waals surface area contributed by atoms with E-state index in [1.165, 1.54) is 0 Å². The molecule has 13 nitrogen and oxygen atoms in total. The van der Waals surface area contributed by atoms with Crippen LogP contribution in [0.4, 0.5) is 11.5 Å². The minimum atomic E-state index is -0.973. The lowest BCUT2D eigenvalue weighted by atomic mass is 9.90. The van der Waals surface area contributed by atoms with Gasteiger partial charge in [-0.3, -0.25) is 4.68 Å². The van der Waals surface area contributed by atoms with Gasteiger partial charge in [-0.15, -0.1) is 0 Å². The third kappa shape index (κ3) is 5.08.